The fourth-order valence-corrected chi connectivity index (χ4v) is 2.32. The molecule has 0 fully saturated rings. The van der Waals surface area contributed by atoms with Gasteiger partial charge in [0, 0.05) is 16.8 Å². The van der Waals surface area contributed by atoms with Crippen LogP contribution in [0.3, 0.4) is 0 Å². The molecule has 3 rings (SSSR count). The standard InChI is InChI=1S/C13H14N4O2/c1-6-11-7-4-9(18-2)10(19-3)5-8(7)16-12(11)17-13(14)15-6/h4-5H,1-3H3,(H3,14,15,16,17). The van der Waals surface area contributed by atoms with E-state index < -0.39 is 0 Å². The van der Waals surface area contributed by atoms with Crippen LogP contribution in [0.25, 0.3) is 21.9 Å². The number of methoxy groups -OCH3 is 2. The normalized spacial score (nSPS) is 11.1. The van der Waals surface area contributed by atoms with E-state index in [1.54, 1.807) is 14.2 Å². The van der Waals surface area contributed by atoms with Crippen molar-refractivity contribution in [2.45, 2.75) is 6.92 Å². The summed E-state index contributed by atoms with van der Waals surface area (Å²) in [6.45, 7) is 1.91. The van der Waals surface area contributed by atoms with E-state index in [2.05, 4.69) is 15.0 Å². The van der Waals surface area contributed by atoms with E-state index in [0.29, 0.717) is 11.5 Å². The Labute approximate surface area is 109 Å². The second-order valence-electron chi connectivity index (χ2n) is 4.27. The van der Waals surface area contributed by atoms with Crippen LogP contribution in [0.5, 0.6) is 11.5 Å². The van der Waals surface area contributed by atoms with Crippen molar-refractivity contribution in [1.29, 1.82) is 0 Å². The van der Waals surface area contributed by atoms with Crippen LogP contribution in [0.15, 0.2) is 12.1 Å². The minimum Gasteiger partial charge on any atom is -0.493 e. The Morgan fingerprint density at radius 1 is 1.11 bits per heavy atom. The highest BCUT2D eigenvalue weighted by Gasteiger charge is 2.14. The number of aromatic amines is 1. The number of ether oxygens (including phenoxy) is 2. The first kappa shape index (κ1) is 11.6. The highest BCUT2D eigenvalue weighted by atomic mass is 16.5. The number of anilines is 1. The average molecular weight is 258 g/mol. The van der Waals surface area contributed by atoms with Gasteiger partial charge in [0.1, 0.15) is 5.65 Å². The van der Waals surface area contributed by atoms with Gasteiger partial charge in [0.25, 0.3) is 0 Å². The third kappa shape index (κ3) is 1.64. The van der Waals surface area contributed by atoms with E-state index in [1.165, 1.54) is 0 Å². The van der Waals surface area contributed by atoms with E-state index in [9.17, 15) is 0 Å². The van der Waals surface area contributed by atoms with E-state index >= 15 is 0 Å². The van der Waals surface area contributed by atoms with Gasteiger partial charge in [-0.05, 0) is 13.0 Å². The summed E-state index contributed by atoms with van der Waals surface area (Å²) in [4.78, 5) is 11.6. The number of nitrogens with one attached hydrogen (secondary N) is 1. The zero-order valence-corrected chi connectivity index (χ0v) is 10.9. The van der Waals surface area contributed by atoms with Crippen molar-refractivity contribution < 1.29 is 9.47 Å². The summed E-state index contributed by atoms with van der Waals surface area (Å²) >= 11 is 0. The van der Waals surface area contributed by atoms with Crippen LogP contribution < -0.4 is 15.2 Å². The molecule has 2 aromatic heterocycles. The molecule has 3 aromatic rings. The second-order valence-corrected chi connectivity index (χ2v) is 4.27. The van der Waals surface area contributed by atoms with Gasteiger partial charge in [-0.15, -0.1) is 0 Å². The number of rotatable bonds is 2. The van der Waals surface area contributed by atoms with Crippen molar-refractivity contribution in [1.82, 2.24) is 15.0 Å². The number of nitrogen functional groups attached to an aromatic ring is 1. The fraction of sp³-hybridized carbons (Fsp3) is 0.231. The maximum Gasteiger partial charge on any atom is 0.222 e. The summed E-state index contributed by atoms with van der Waals surface area (Å²) in [5, 5.41) is 1.94. The van der Waals surface area contributed by atoms with Gasteiger partial charge in [0.05, 0.1) is 25.4 Å². The molecule has 0 aliphatic heterocycles. The van der Waals surface area contributed by atoms with Crippen molar-refractivity contribution in [2.75, 3.05) is 20.0 Å². The first-order chi connectivity index (χ1) is 9.13. The molecule has 0 spiro atoms. The predicted molar refractivity (Wildman–Crippen MR) is 73.6 cm³/mol. The van der Waals surface area contributed by atoms with Gasteiger partial charge in [0.15, 0.2) is 11.5 Å². The summed E-state index contributed by atoms with van der Waals surface area (Å²) in [5.74, 6) is 1.60. The Morgan fingerprint density at radius 2 is 1.79 bits per heavy atom. The summed E-state index contributed by atoms with van der Waals surface area (Å²) in [6, 6.07) is 3.80. The van der Waals surface area contributed by atoms with Crippen molar-refractivity contribution in [3.05, 3.63) is 17.8 Å². The van der Waals surface area contributed by atoms with E-state index in [-0.39, 0.29) is 5.95 Å². The SMILES string of the molecule is COc1cc2[nH]c3nc(N)nc(C)c3c2cc1OC. The molecule has 0 aliphatic rings. The van der Waals surface area contributed by atoms with Gasteiger partial charge in [-0.25, -0.2) is 4.98 Å². The fourth-order valence-electron chi connectivity index (χ4n) is 2.32. The lowest BCUT2D eigenvalue weighted by Crippen LogP contribution is -1.96. The maximum absolute atomic E-state index is 5.67. The lowest BCUT2D eigenvalue weighted by atomic mass is 10.1. The highest BCUT2D eigenvalue weighted by molar-refractivity contribution is 6.08. The summed E-state index contributed by atoms with van der Waals surface area (Å²) < 4.78 is 10.6. The quantitative estimate of drug-likeness (QED) is 0.734. The zero-order valence-electron chi connectivity index (χ0n) is 10.9. The first-order valence-electron chi connectivity index (χ1n) is 5.81. The molecular formula is C13H14N4O2. The molecule has 6 heteroatoms. The maximum atomic E-state index is 5.67. The predicted octanol–water partition coefficient (Wildman–Crippen LogP) is 2.02. The molecule has 98 valence electrons. The van der Waals surface area contributed by atoms with Gasteiger partial charge in [0.2, 0.25) is 5.95 Å². The molecule has 1 aromatic carbocycles. The van der Waals surface area contributed by atoms with Crippen LogP contribution in [0, 0.1) is 6.92 Å². The zero-order chi connectivity index (χ0) is 13.6. The Morgan fingerprint density at radius 3 is 2.47 bits per heavy atom. The second kappa shape index (κ2) is 4.01. The molecule has 3 N–H and O–H groups in total. The van der Waals surface area contributed by atoms with Crippen molar-refractivity contribution in [3.63, 3.8) is 0 Å². The van der Waals surface area contributed by atoms with Crippen LogP contribution >= 0.6 is 0 Å². The molecule has 0 saturated carbocycles. The lowest BCUT2D eigenvalue weighted by molar-refractivity contribution is 0.356. The minimum absolute atomic E-state index is 0.260. The smallest absolute Gasteiger partial charge is 0.222 e. The van der Waals surface area contributed by atoms with Crippen LogP contribution in [0.2, 0.25) is 0 Å². The third-order valence-electron chi connectivity index (χ3n) is 3.15. The van der Waals surface area contributed by atoms with Crippen LogP contribution in [-0.4, -0.2) is 29.2 Å². The molecule has 0 bridgehead atoms. The van der Waals surface area contributed by atoms with E-state index in [4.69, 9.17) is 15.2 Å². The average Bonchev–Trinajstić information content (AvgIpc) is 2.73. The summed E-state index contributed by atoms with van der Waals surface area (Å²) in [5.41, 5.74) is 8.13. The van der Waals surface area contributed by atoms with Gasteiger partial charge in [-0.3, -0.25) is 0 Å². The van der Waals surface area contributed by atoms with Crippen LogP contribution in [0.1, 0.15) is 5.69 Å². The van der Waals surface area contributed by atoms with Gasteiger partial charge in [-0.2, -0.15) is 4.98 Å². The van der Waals surface area contributed by atoms with E-state index in [0.717, 1.165) is 27.6 Å². The van der Waals surface area contributed by atoms with Crippen LogP contribution in [0.4, 0.5) is 5.95 Å². The summed E-state index contributed by atoms with van der Waals surface area (Å²) in [6.07, 6.45) is 0. The van der Waals surface area contributed by atoms with Crippen molar-refractivity contribution in [3.8, 4) is 11.5 Å². The molecule has 2 heterocycles. The van der Waals surface area contributed by atoms with Gasteiger partial charge < -0.3 is 20.2 Å². The minimum atomic E-state index is 0.260. The number of fused-ring (bicyclic) bond motifs is 3. The number of hydrogen-bond acceptors (Lipinski definition) is 5. The van der Waals surface area contributed by atoms with Crippen molar-refractivity contribution >= 4 is 27.9 Å². The Bertz CT molecular complexity index is 779. The summed E-state index contributed by atoms with van der Waals surface area (Å²) in [7, 11) is 3.22. The molecular weight excluding hydrogens is 244 g/mol. The molecule has 0 aliphatic carbocycles. The number of aromatic nitrogens is 3. The van der Waals surface area contributed by atoms with Crippen LogP contribution in [-0.2, 0) is 0 Å². The lowest BCUT2D eigenvalue weighted by Gasteiger charge is -2.07. The molecule has 19 heavy (non-hydrogen) atoms. The Hall–Kier alpha value is -2.50. The topological polar surface area (TPSA) is 86.0 Å². The molecule has 6 nitrogen and oxygen atoms in total. The Kier molecular flexibility index (Phi) is 2.45. The monoisotopic (exact) mass is 258 g/mol. The van der Waals surface area contributed by atoms with E-state index in [1.807, 2.05) is 19.1 Å². The number of nitrogens with zero attached hydrogens (tertiary/aromatic N) is 2. The highest BCUT2D eigenvalue weighted by Crippen LogP contribution is 2.36. The first-order valence-corrected chi connectivity index (χ1v) is 5.81. The molecule has 0 atom stereocenters. The third-order valence-corrected chi connectivity index (χ3v) is 3.15. The number of H-pyrrole nitrogens is 1. The number of aryl methyl sites for hydroxylation is 1. The number of nitrogens with two attached hydrogens (primary N) is 1. The van der Waals surface area contributed by atoms with Gasteiger partial charge >= 0.3 is 0 Å². The molecule has 0 saturated heterocycles. The molecule has 0 amide bonds. The number of hydrogen-bond donors (Lipinski definition) is 2. The molecule has 0 unspecified atom stereocenters. The largest absolute Gasteiger partial charge is 0.493 e. The molecule has 0 radical (unpaired) electrons. The van der Waals surface area contributed by atoms with Gasteiger partial charge in [-0.1, -0.05) is 0 Å². The Balaban J connectivity index is 2.45. The van der Waals surface area contributed by atoms with Crippen molar-refractivity contribution in [2.24, 2.45) is 0 Å². The number of benzene rings is 1.